The molecule has 0 bridgehead atoms. The summed E-state index contributed by atoms with van der Waals surface area (Å²) in [5, 5.41) is 0. The highest BCUT2D eigenvalue weighted by Gasteiger charge is 2.29. The van der Waals surface area contributed by atoms with E-state index in [9.17, 15) is 16.8 Å². The molecule has 1 N–H and O–H groups in total. The Bertz CT molecular complexity index is 1390. The monoisotopic (exact) mass is 529 g/mol. The molecule has 1 heterocycles. The Balaban J connectivity index is 1.45. The molecule has 0 atom stereocenters. The summed E-state index contributed by atoms with van der Waals surface area (Å²) in [6.07, 6.45) is 0.538. The van der Waals surface area contributed by atoms with Crippen molar-refractivity contribution >= 4 is 20.3 Å². The Morgan fingerprint density at radius 2 is 1.56 bits per heavy atom. The number of nitrogens with one attached hydrogen (secondary N) is 1. The summed E-state index contributed by atoms with van der Waals surface area (Å²) < 4.78 is 58.7. The summed E-state index contributed by atoms with van der Waals surface area (Å²) in [6.45, 7) is 5.04. The molecule has 36 heavy (non-hydrogen) atoms. The van der Waals surface area contributed by atoms with Gasteiger partial charge in [-0.15, -0.1) is 0 Å². The first kappa shape index (κ1) is 26.3. The summed E-state index contributed by atoms with van der Waals surface area (Å²) in [5.41, 5.74) is 3.98. The Hall–Kier alpha value is -2.76. The van der Waals surface area contributed by atoms with Crippen LogP contribution in [0.5, 0.6) is 5.75 Å². The van der Waals surface area contributed by atoms with E-state index in [0.717, 1.165) is 36.3 Å². The molecule has 0 radical (unpaired) electrons. The largest absolute Gasteiger partial charge is 0.382 e. The molecule has 4 rings (SSSR count). The standard InChI is InChI=1S/C26H31N3O5S2/c1-3-28(18-21-7-5-4-6-8-21)19-22-9-13-26(14-10-22)35(30,31)29-16-15-23-11-12-25(17-24(23)20-29)34-36(32,33)27-2/h4-14,17,27H,3,15-16,18-20H2,1-2H3. The van der Waals surface area contributed by atoms with E-state index in [1.807, 2.05) is 30.3 Å². The second-order valence-electron chi connectivity index (χ2n) is 8.69. The SMILES string of the molecule is CCN(Cc1ccccc1)Cc1ccc(S(=O)(=O)N2CCc3ccc(OS(=O)(=O)NC)cc3C2)cc1. The quantitative estimate of drug-likeness (QED) is 0.433. The molecule has 1 aliphatic heterocycles. The van der Waals surface area contributed by atoms with E-state index in [2.05, 4.69) is 28.7 Å². The lowest BCUT2D eigenvalue weighted by atomic mass is 10.0. The van der Waals surface area contributed by atoms with Gasteiger partial charge in [0.05, 0.1) is 4.90 Å². The van der Waals surface area contributed by atoms with Crippen LogP contribution in [-0.4, -0.2) is 46.2 Å². The minimum Gasteiger partial charge on any atom is -0.371 e. The van der Waals surface area contributed by atoms with Gasteiger partial charge in [-0.05, 0) is 59.5 Å². The summed E-state index contributed by atoms with van der Waals surface area (Å²) in [6, 6.07) is 22.3. The number of nitrogens with zero attached hydrogens (tertiary/aromatic N) is 2. The van der Waals surface area contributed by atoms with Gasteiger partial charge in [0, 0.05) is 33.2 Å². The zero-order valence-electron chi connectivity index (χ0n) is 20.4. The van der Waals surface area contributed by atoms with Gasteiger partial charge in [0.25, 0.3) is 0 Å². The summed E-state index contributed by atoms with van der Waals surface area (Å²) in [7, 11) is -6.35. The van der Waals surface area contributed by atoms with Crippen molar-refractivity contribution in [2.45, 2.75) is 37.9 Å². The van der Waals surface area contributed by atoms with E-state index >= 15 is 0 Å². The van der Waals surface area contributed by atoms with Gasteiger partial charge in [-0.1, -0.05) is 55.5 Å². The van der Waals surface area contributed by atoms with Crippen LogP contribution in [0.15, 0.2) is 77.7 Å². The van der Waals surface area contributed by atoms with Crippen LogP contribution in [0, 0.1) is 0 Å². The average Bonchev–Trinajstić information content (AvgIpc) is 2.88. The predicted octanol–water partition coefficient (Wildman–Crippen LogP) is 3.30. The second kappa shape index (κ2) is 11.1. The summed E-state index contributed by atoms with van der Waals surface area (Å²) in [4.78, 5) is 2.54. The van der Waals surface area contributed by atoms with E-state index in [0.29, 0.717) is 13.0 Å². The van der Waals surface area contributed by atoms with Gasteiger partial charge < -0.3 is 4.18 Å². The first-order valence-electron chi connectivity index (χ1n) is 11.8. The molecular weight excluding hydrogens is 498 g/mol. The van der Waals surface area contributed by atoms with Crippen LogP contribution in [0.2, 0.25) is 0 Å². The van der Waals surface area contributed by atoms with Gasteiger partial charge in [0.1, 0.15) is 5.75 Å². The fourth-order valence-electron chi connectivity index (χ4n) is 4.23. The van der Waals surface area contributed by atoms with Crippen molar-refractivity contribution in [3.05, 3.63) is 95.1 Å². The lowest BCUT2D eigenvalue weighted by Crippen LogP contribution is -2.36. The Morgan fingerprint density at radius 3 is 2.19 bits per heavy atom. The maximum atomic E-state index is 13.4. The van der Waals surface area contributed by atoms with Crippen molar-refractivity contribution in [2.75, 3.05) is 20.1 Å². The van der Waals surface area contributed by atoms with Crippen molar-refractivity contribution in [1.29, 1.82) is 0 Å². The van der Waals surface area contributed by atoms with Crippen LogP contribution in [0.1, 0.15) is 29.2 Å². The van der Waals surface area contributed by atoms with Crippen LogP contribution in [0.3, 0.4) is 0 Å². The zero-order chi connectivity index (χ0) is 25.8. The van der Waals surface area contributed by atoms with Gasteiger partial charge in [-0.25, -0.2) is 8.42 Å². The lowest BCUT2D eigenvalue weighted by molar-refractivity contribution is 0.271. The highest BCUT2D eigenvalue weighted by atomic mass is 32.2. The van der Waals surface area contributed by atoms with Crippen molar-refractivity contribution in [3.8, 4) is 5.75 Å². The van der Waals surface area contributed by atoms with Gasteiger partial charge in [-0.2, -0.15) is 17.4 Å². The van der Waals surface area contributed by atoms with Gasteiger partial charge in [-0.3, -0.25) is 4.90 Å². The summed E-state index contributed by atoms with van der Waals surface area (Å²) >= 11 is 0. The van der Waals surface area contributed by atoms with Crippen LogP contribution < -0.4 is 8.91 Å². The number of fused-ring (bicyclic) bond motifs is 1. The topological polar surface area (TPSA) is 96.0 Å². The summed E-state index contributed by atoms with van der Waals surface area (Å²) in [5.74, 6) is 0.141. The number of hydrogen-bond donors (Lipinski definition) is 1. The first-order valence-corrected chi connectivity index (χ1v) is 14.6. The molecule has 8 nitrogen and oxygen atoms in total. The zero-order valence-corrected chi connectivity index (χ0v) is 22.1. The molecule has 3 aromatic rings. The maximum Gasteiger partial charge on any atom is 0.382 e. The van der Waals surface area contributed by atoms with Crippen LogP contribution in [0.25, 0.3) is 0 Å². The van der Waals surface area contributed by atoms with Crippen molar-refractivity contribution in [1.82, 2.24) is 13.9 Å². The fourth-order valence-corrected chi connectivity index (χ4v) is 6.09. The third-order valence-electron chi connectivity index (χ3n) is 6.27. The third-order valence-corrected chi connectivity index (χ3v) is 9.05. The Labute approximate surface area is 213 Å². The third kappa shape index (κ3) is 6.32. The number of rotatable bonds is 10. The van der Waals surface area contributed by atoms with E-state index in [4.69, 9.17) is 4.18 Å². The highest BCUT2D eigenvalue weighted by molar-refractivity contribution is 7.89. The molecule has 10 heteroatoms. The molecule has 0 unspecified atom stereocenters. The minimum atomic E-state index is -3.90. The van der Waals surface area contributed by atoms with E-state index < -0.39 is 20.3 Å². The van der Waals surface area contributed by atoms with Gasteiger partial charge >= 0.3 is 10.3 Å². The lowest BCUT2D eigenvalue weighted by Gasteiger charge is -2.28. The van der Waals surface area contributed by atoms with Gasteiger partial charge in [0.2, 0.25) is 10.0 Å². The Morgan fingerprint density at radius 1 is 0.889 bits per heavy atom. The minimum absolute atomic E-state index is 0.141. The Kier molecular flexibility index (Phi) is 8.11. The average molecular weight is 530 g/mol. The molecule has 0 aliphatic carbocycles. The van der Waals surface area contributed by atoms with Crippen molar-refractivity contribution < 1.29 is 21.0 Å². The van der Waals surface area contributed by atoms with Crippen molar-refractivity contribution in [3.63, 3.8) is 0 Å². The fraction of sp³-hybridized carbons (Fsp3) is 0.308. The van der Waals surface area contributed by atoms with Crippen LogP contribution >= 0.6 is 0 Å². The second-order valence-corrected chi connectivity index (χ2v) is 12.1. The molecule has 192 valence electrons. The normalized spacial score (nSPS) is 14.5. The highest BCUT2D eigenvalue weighted by Crippen LogP contribution is 2.28. The van der Waals surface area contributed by atoms with E-state index in [1.54, 1.807) is 30.3 Å². The molecule has 0 saturated heterocycles. The van der Waals surface area contributed by atoms with Crippen LogP contribution in [0.4, 0.5) is 0 Å². The number of sulfonamides is 1. The molecule has 3 aromatic carbocycles. The van der Waals surface area contributed by atoms with E-state index in [-0.39, 0.29) is 17.2 Å². The molecule has 0 spiro atoms. The first-order chi connectivity index (χ1) is 17.2. The molecule has 0 aromatic heterocycles. The van der Waals surface area contributed by atoms with Crippen molar-refractivity contribution in [2.24, 2.45) is 0 Å². The number of benzene rings is 3. The molecule has 0 saturated carbocycles. The predicted molar refractivity (Wildman–Crippen MR) is 139 cm³/mol. The van der Waals surface area contributed by atoms with E-state index in [1.165, 1.54) is 16.9 Å². The molecule has 1 aliphatic rings. The van der Waals surface area contributed by atoms with Gasteiger partial charge in [0.15, 0.2) is 0 Å². The molecular formula is C26H31N3O5S2. The molecule has 0 amide bonds. The van der Waals surface area contributed by atoms with Crippen LogP contribution in [-0.2, 0) is 46.4 Å². The maximum absolute atomic E-state index is 13.4. The molecule has 0 fully saturated rings. The smallest absolute Gasteiger partial charge is 0.371 e. The number of hydrogen-bond acceptors (Lipinski definition) is 6.